The van der Waals surface area contributed by atoms with Crippen LogP contribution in [0.15, 0.2) is 41.3 Å². The minimum absolute atomic E-state index is 0.0819. The molecule has 120 valence electrons. The fourth-order valence-electron chi connectivity index (χ4n) is 2.48. The van der Waals surface area contributed by atoms with E-state index in [0.717, 1.165) is 6.42 Å². The molecule has 1 aromatic heterocycles. The zero-order chi connectivity index (χ0) is 16.2. The summed E-state index contributed by atoms with van der Waals surface area (Å²) >= 11 is 6.00. The molecule has 3 rings (SSSR count). The molecule has 0 radical (unpaired) electrons. The number of H-pyrrole nitrogens is 1. The number of benzene rings is 1. The molecule has 23 heavy (non-hydrogen) atoms. The summed E-state index contributed by atoms with van der Waals surface area (Å²) in [6, 6.07) is 8.77. The second-order valence-corrected chi connectivity index (χ2v) is 5.55. The lowest BCUT2D eigenvalue weighted by atomic mass is 10.3. The first-order valence-electron chi connectivity index (χ1n) is 7.15. The Labute approximate surface area is 137 Å². The Balaban J connectivity index is 1.59. The van der Waals surface area contributed by atoms with Crippen LogP contribution in [0.5, 0.6) is 5.75 Å². The number of nitrogens with one attached hydrogen (secondary N) is 2. The number of anilines is 1. The Morgan fingerprint density at radius 1 is 1.39 bits per heavy atom. The van der Waals surface area contributed by atoms with Gasteiger partial charge in [-0.05, 0) is 18.6 Å². The van der Waals surface area contributed by atoms with Gasteiger partial charge in [-0.3, -0.25) is 4.79 Å². The van der Waals surface area contributed by atoms with Crippen LogP contribution in [-0.2, 0) is 0 Å². The van der Waals surface area contributed by atoms with Gasteiger partial charge >= 0.3 is 6.09 Å². The van der Waals surface area contributed by atoms with E-state index >= 15 is 0 Å². The van der Waals surface area contributed by atoms with Crippen molar-refractivity contribution < 1.29 is 9.53 Å². The molecule has 0 aliphatic carbocycles. The third-order valence-corrected chi connectivity index (χ3v) is 3.95. The highest BCUT2D eigenvalue weighted by Gasteiger charge is 2.26. The monoisotopic (exact) mass is 334 g/mol. The lowest BCUT2D eigenvalue weighted by Gasteiger charge is -2.19. The number of hydrogen-bond donors (Lipinski definition) is 2. The molecule has 1 aliphatic rings. The van der Waals surface area contributed by atoms with E-state index in [0.29, 0.717) is 24.5 Å². The van der Waals surface area contributed by atoms with E-state index in [1.54, 1.807) is 24.3 Å². The summed E-state index contributed by atoms with van der Waals surface area (Å²) in [6.45, 7) is 1.20. The highest BCUT2D eigenvalue weighted by Crippen LogP contribution is 2.24. The van der Waals surface area contributed by atoms with Crippen LogP contribution in [0.4, 0.5) is 10.5 Å². The Bertz CT molecular complexity index is 750. The molecular weight excluding hydrogens is 320 g/mol. The highest BCUT2D eigenvalue weighted by molar-refractivity contribution is 6.33. The van der Waals surface area contributed by atoms with Crippen molar-refractivity contribution >= 4 is 23.4 Å². The molecule has 0 spiro atoms. The van der Waals surface area contributed by atoms with E-state index in [2.05, 4.69) is 15.5 Å². The number of hydrogen-bond acceptors (Lipinski definition) is 5. The minimum Gasteiger partial charge on any atom is -0.410 e. The Morgan fingerprint density at radius 3 is 2.96 bits per heavy atom. The van der Waals surface area contributed by atoms with Crippen molar-refractivity contribution in [3.8, 4) is 5.75 Å². The average Bonchev–Trinajstić information content (AvgIpc) is 2.99. The molecule has 0 saturated carbocycles. The number of carbonyl (C=O) groups excluding carboxylic acids is 1. The molecule has 1 aromatic carbocycles. The maximum absolute atomic E-state index is 11.9. The van der Waals surface area contributed by atoms with Gasteiger partial charge in [0.2, 0.25) is 0 Å². The SMILES string of the molecule is O=C(N[C@@H]1CCN(c2cn[nH]c(=O)c2Cl)C1)Oc1ccccc1. The second-order valence-electron chi connectivity index (χ2n) is 5.18. The van der Waals surface area contributed by atoms with Gasteiger partial charge in [-0.25, -0.2) is 9.89 Å². The van der Waals surface area contributed by atoms with Crippen molar-refractivity contribution in [2.75, 3.05) is 18.0 Å². The molecule has 1 aliphatic heterocycles. The number of nitrogens with zero attached hydrogens (tertiary/aromatic N) is 2. The third-order valence-electron chi connectivity index (χ3n) is 3.58. The number of aromatic nitrogens is 2. The molecule has 8 heteroatoms. The van der Waals surface area contributed by atoms with Crippen LogP contribution in [0.2, 0.25) is 5.02 Å². The summed E-state index contributed by atoms with van der Waals surface area (Å²) in [5.41, 5.74) is 0.139. The third kappa shape index (κ3) is 3.62. The van der Waals surface area contributed by atoms with Gasteiger partial charge in [-0.1, -0.05) is 29.8 Å². The maximum Gasteiger partial charge on any atom is 0.412 e. The predicted octanol–water partition coefficient (Wildman–Crippen LogP) is 1.79. The summed E-state index contributed by atoms with van der Waals surface area (Å²) in [6.07, 6.45) is 1.74. The Morgan fingerprint density at radius 2 is 2.17 bits per heavy atom. The lowest BCUT2D eigenvalue weighted by Crippen LogP contribution is -2.39. The number of ether oxygens (including phenoxy) is 1. The van der Waals surface area contributed by atoms with Gasteiger partial charge in [0.15, 0.2) is 0 Å². The topological polar surface area (TPSA) is 87.3 Å². The number of aromatic amines is 1. The number of para-hydroxylation sites is 1. The lowest BCUT2D eigenvalue weighted by molar-refractivity contribution is 0.197. The predicted molar refractivity (Wildman–Crippen MR) is 86.1 cm³/mol. The summed E-state index contributed by atoms with van der Waals surface area (Å²) < 4.78 is 5.20. The summed E-state index contributed by atoms with van der Waals surface area (Å²) in [5, 5.41) is 8.95. The van der Waals surface area contributed by atoms with E-state index in [9.17, 15) is 9.59 Å². The van der Waals surface area contributed by atoms with Crippen molar-refractivity contribution in [1.29, 1.82) is 0 Å². The van der Waals surface area contributed by atoms with Crippen molar-refractivity contribution in [2.45, 2.75) is 12.5 Å². The molecule has 7 nitrogen and oxygen atoms in total. The molecule has 1 atom stereocenters. The van der Waals surface area contributed by atoms with Gasteiger partial charge in [0.1, 0.15) is 10.8 Å². The van der Waals surface area contributed by atoms with Crippen molar-refractivity contribution in [3.63, 3.8) is 0 Å². The van der Waals surface area contributed by atoms with Gasteiger partial charge in [-0.2, -0.15) is 5.10 Å². The van der Waals surface area contributed by atoms with Gasteiger partial charge < -0.3 is 15.0 Å². The van der Waals surface area contributed by atoms with Crippen LogP contribution in [0.3, 0.4) is 0 Å². The highest BCUT2D eigenvalue weighted by atomic mass is 35.5. The number of amides is 1. The summed E-state index contributed by atoms with van der Waals surface area (Å²) in [7, 11) is 0. The van der Waals surface area contributed by atoms with E-state index in [1.165, 1.54) is 6.20 Å². The van der Waals surface area contributed by atoms with E-state index in [1.807, 2.05) is 11.0 Å². The van der Waals surface area contributed by atoms with Crippen LogP contribution < -0.4 is 20.5 Å². The average molecular weight is 335 g/mol. The van der Waals surface area contributed by atoms with Crippen molar-refractivity contribution in [2.24, 2.45) is 0 Å². The standard InChI is InChI=1S/C15H15ClN4O3/c16-13-12(8-17-19-14(13)21)20-7-6-10(9-20)18-15(22)23-11-4-2-1-3-5-11/h1-5,8,10H,6-7,9H2,(H,18,22)(H,19,21)/t10-/m1/s1. The smallest absolute Gasteiger partial charge is 0.410 e. The number of rotatable bonds is 3. The zero-order valence-electron chi connectivity index (χ0n) is 12.2. The summed E-state index contributed by atoms with van der Waals surface area (Å²) in [4.78, 5) is 25.3. The minimum atomic E-state index is -0.502. The van der Waals surface area contributed by atoms with Crippen LogP contribution in [-0.4, -0.2) is 35.4 Å². The van der Waals surface area contributed by atoms with E-state index < -0.39 is 11.7 Å². The van der Waals surface area contributed by atoms with E-state index in [4.69, 9.17) is 16.3 Å². The molecule has 1 fully saturated rings. The van der Waals surface area contributed by atoms with Gasteiger partial charge in [0.25, 0.3) is 5.56 Å². The molecule has 1 saturated heterocycles. The first-order chi connectivity index (χ1) is 11.1. The van der Waals surface area contributed by atoms with Crippen LogP contribution >= 0.6 is 11.6 Å². The largest absolute Gasteiger partial charge is 0.412 e. The number of carbonyl (C=O) groups is 1. The van der Waals surface area contributed by atoms with Crippen molar-refractivity contribution in [3.05, 3.63) is 51.9 Å². The first kappa shape index (κ1) is 15.4. The second kappa shape index (κ2) is 6.70. The van der Waals surface area contributed by atoms with Gasteiger partial charge in [0, 0.05) is 13.1 Å². The quantitative estimate of drug-likeness (QED) is 0.893. The van der Waals surface area contributed by atoms with Gasteiger partial charge in [-0.15, -0.1) is 0 Å². The number of halogens is 1. The fourth-order valence-corrected chi connectivity index (χ4v) is 2.69. The van der Waals surface area contributed by atoms with Crippen LogP contribution in [0.1, 0.15) is 6.42 Å². The Hall–Kier alpha value is -2.54. The molecular formula is C15H15ClN4O3. The molecule has 0 bridgehead atoms. The zero-order valence-corrected chi connectivity index (χ0v) is 12.9. The van der Waals surface area contributed by atoms with E-state index in [-0.39, 0.29) is 11.1 Å². The fraction of sp³-hybridized carbons (Fsp3) is 0.267. The normalized spacial score (nSPS) is 17.1. The molecule has 2 heterocycles. The first-order valence-corrected chi connectivity index (χ1v) is 7.53. The van der Waals surface area contributed by atoms with Crippen LogP contribution in [0, 0.1) is 0 Å². The van der Waals surface area contributed by atoms with Crippen LogP contribution in [0.25, 0.3) is 0 Å². The van der Waals surface area contributed by atoms with Crippen molar-refractivity contribution in [1.82, 2.24) is 15.5 Å². The Kier molecular flexibility index (Phi) is 4.47. The molecule has 2 aromatic rings. The maximum atomic E-state index is 11.9. The molecule has 0 unspecified atom stereocenters. The van der Waals surface area contributed by atoms with Gasteiger partial charge in [0.05, 0.1) is 17.9 Å². The molecule has 2 N–H and O–H groups in total. The summed E-state index contributed by atoms with van der Waals surface area (Å²) in [5.74, 6) is 0.488. The molecule has 1 amide bonds.